The summed E-state index contributed by atoms with van der Waals surface area (Å²) in [7, 11) is 1.23. The summed E-state index contributed by atoms with van der Waals surface area (Å²) in [4.78, 5) is 22.6. The fourth-order valence-electron chi connectivity index (χ4n) is 0.717. The first-order valence-corrected chi connectivity index (χ1v) is 3.06. The quantitative estimate of drug-likeness (QED) is 0.615. The van der Waals surface area contributed by atoms with Gasteiger partial charge in [0.05, 0.1) is 13.7 Å². The van der Waals surface area contributed by atoms with Gasteiger partial charge in [-0.1, -0.05) is 0 Å². The molecule has 0 aliphatic carbocycles. The number of methoxy groups -OCH3 is 1. The second-order valence-electron chi connectivity index (χ2n) is 1.93. The normalized spacial score (nSPS) is 14.8. The third-order valence-corrected chi connectivity index (χ3v) is 1.25. The van der Waals surface area contributed by atoms with Gasteiger partial charge in [-0.05, 0) is 6.08 Å². The van der Waals surface area contributed by atoms with E-state index < -0.39 is 12.1 Å². The average molecular weight is 193 g/mol. The number of carbonyl (C=O) groups excluding carboxylic acids is 2. The van der Waals surface area contributed by atoms with Gasteiger partial charge in [0.1, 0.15) is 0 Å². The van der Waals surface area contributed by atoms with Crippen LogP contribution in [0.2, 0.25) is 0 Å². The van der Waals surface area contributed by atoms with Crippen molar-refractivity contribution in [2.45, 2.75) is 0 Å². The Morgan fingerprint density at radius 1 is 1.75 bits per heavy atom. The van der Waals surface area contributed by atoms with Crippen LogP contribution < -0.4 is 5.32 Å². The summed E-state index contributed by atoms with van der Waals surface area (Å²) in [6.45, 7) is 0.262. The average Bonchev–Trinajstić information content (AvgIpc) is 2.04. The van der Waals surface area contributed by atoms with Crippen LogP contribution in [-0.4, -0.2) is 30.7 Å². The molecule has 0 bridgehead atoms. The number of imide groups is 1. The van der Waals surface area contributed by atoms with Crippen molar-refractivity contribution in [1.82, 2.24) is 10.2 Å². The summed E-state index contributed by atoms with van der Waals surface area (Å²) in [6, 6.07) is -0.459. The molecule has 0 unspecified atom stereocenters. The molecule has 1 aliphatic rings. The Hall–Kier alpha value is -1.23. The minimum atomic E-state index is -0.646. The van der Waals surface area contributed by atoms with Crippen LogP contribution in [0.4, 0.5) is 9.59 Å². The largest absolute Gasteiger partial charge is 0.452 e. The minimum Gasteiger partial charge on any atom is -0.452 e. The van der Waals surface area contributed by atoms with Crippen LogP contribution >= 0.6 is 12.4 Å². The molecule has 6 heteroatoms. The fourth-order valence-corrected chi connectivity index (χ4v) is 0.717. The van der Waals surface area contributed by atoms with Gasteiger partial charge in [0, 0.05) is 6.20 Å². The predicted octanol–water partition coefficient (Wildman–Crippen LogP) is 0.714. The van der Waals surface area contributed by atoms with E-state index in [4.69, 9.17) is 0 Å². The Labute approximate surface area is 75.8 Å². The molecule has 1 N–H and O–H groups in total. The SMILES string of the molecule is COC(=O)N1CC=CNC1=O.Cl. The number of amides is 3. The van der Waals surface area contributed by atoms with Gasteiger partial charge in [-0.25, -0.2) is 14.5 Å². The lowest BCUT2D eigenvalue weighted by Gasteiger charge is -2.19. The molecule has 0 radical (unpaired) electrons. The highest BCUT2D eigenvalue weighted by Crippen LogP contribution is 1.98. The summed E-state index contributed by atoms with van der Waals surface area (Å²) in [5.41, 5.74) is 0. The van der Waals surface area contributed by atoms with Gasteiger partial charge in [0.15, 0.2) is 0 Å². The molecular weight excluding hydrogens is 184 g/mol. The molecular formula is C6H9ClN2O3. The third-order valence-electron chi connectivity index (χ3n) is 1.25. The van der Waals surface area contributed by atoms with E-state index in [0.717, 1.165) is 4.90 Å². The van der Waals surface area contributed by atoms with E-state index >= 15 is 0 Å². The number of hydrogen-bond acceptors (Lipinski definition) is 3. The molecule has 0 aromatic rings. The zero-order chi connectivity index (χ0) is 8.27. The van der Waals surface area contributed by atoms with E-state index in [-0.39, 0.29) is 19.0 Å². The number of halogens is 1. The van der Waals surface area contributed by atoms with E-state index in [1.807, 2.05) is 0 Å². The van der Waals surface area contributed by atoms with Crippen molar-refractivity contribution in [3.8, 4) is 0 Å². The smallest absolute Gasteiger partial charge is 0.418 e. The summed E-state index contributed by atoms with van der Waals surface area (Å²) < 4.78 is 4.35. The molecule has 0 atom stereocenters. The van der Waals surface area contributed by atoms with Gasteiger partial charge in [0.25, 0.3) is 0 Å². The molecule has 0 fully saturated rings. The molecule has 0 aromatic carbocycles. The Morgan fingerprint density at radius 2 is 2.42 bits per heavy atom. The standard InChI is InChI=1S/C6H8N2O3.ClH/c1-11-6(10)8-4-2-3-7-5(8)9;/h2-3H,4H2,1H3,(H,7,9);1H. The number of nitrogens with zero attached hydrogens (tertiary/aromatic N) is 1. The van der Waals surface area contributed by atoms with Gasteiger partial charge in [-0.3, -0.25) is 0 Å². The van der Waals surface area contributed by atoms with Gasteiger partial charge < -0.3 is 10.1 Å². The zero-order valence-corrected chi connectivity index (χ0v) is 7.26. The zero-order valence-electron chi connectivity index (χ0n) is 6.44. The Morgan fingerprint density at radius 3 is 2.92 bits per heavy atom. The minimum absolute atomic E-state index is 0. The first-order valence-electron chi connectivity index (χ1n) is 3.06. The first-order chi connectivity index (χ1) is 5.25. The topological polar surface area (TPSA) is 58.6 Å². The Kier molecular flexibility index (Phi) is 4.14. The van der Waals surface area contributed by atoms with Gasteiger partial charge in [-0.2, -0.15) is 0 Å². The Bertz CT molecular complexity index is 217. The fraction of sp³-hybridized carbons (Fsp3) is 0.333. The van der Waals surface area contributed by atoms with Crippen molar-refractivity contribution < 1.29 is 14.3 Å². The number of hydrogen-bond donors (Lipinski definition) is 1. The maximum absolute atomic E-state index is 10.9. The van der Waals surface area contributed by atoms with E-state index in [2.05, 4.69) is 10.1 Å². The molecule has 68 valence electrons. The second kappa shape index (κ2) is 4.61. The molecule has 1 rings (SSSR count). The molecule has 0 aromatic heterocycles. The lowest BCUT2D eigenvalue weighted by Crippen LogP contribution is -2.44. The molecule has 1 heterocycles. The third kappa shape index (κ3) is 2.13. The van der Waals surface area contributed by atoms with Crippen molar-refractivity contribution >= 4 is 24.5 Å². The van der Waals surface area contributed by atoms with E-state index in [9.17, 15) is 9.59 Å². The van der Waals surface area contributed by atoms with Crippen molar-refractivity contribution in [3.05, 3.63) is 12.3 Å². The van der Waals surface area contributed by atoms with Crippen molar-refractivity contribution in [3.63, 3.8) is 0 Å². The lowest BCUT2D eigenvalue weighted by atomic mass is 10.5. The van der Waals surface area contributed by atoms with Gasteiger partial charge in [-0.15, -0.1) is 12.4 Å². The molecule has 0 spiro atoms. The van der Waals surface area contributed by atoms with E-state index in [1.54, 1.807) is 6.08 Å². The first kappa shape index (κ1) is 10.8. The van der Waals surface area contributed by atoms with Crippen LogP contribution in [0.25, 0.3) is 0 Å². The van der Waals surface area contributed by atoms with Gasteiger partial charge >= 0.3 is 12.1 Å². The van der Waals surface area contributed by atoms with Crippen molar-refractivity contribution in [2.75, 3.05) is 13.7 Å². The van der Waals surface area contributed by atoms with Crippen LogP contribution in [0.3, 0.4) is 0 Å². The van der Waals surface area contributed by atoms with Crippen LogP contribution in [-0.2, 0) is 4.74 Å². The monoisotopic (exact) mass is 192 g/mol. The van der Waals surface area contributed by atoms with E-state index in [1.165, 1.54) is 13.3 Å². The summed E-state index contributed by atoms with van der Waals surface area (Å²) in [6.07, 6.45) is 2.49. The van der Waals surface area contributed by atoms with Crippen molar-refractivity contribution in [1.29, 1.82) is 0 Å². The van der Waals surface area contributed by atoms with Crippen molar-refractivity contribution in [2.24, 2.45) is 0 Å². The molecule has 0 saturated heterocycles. The van der Waals surface area contributed by atoms with Crippen LogP contribution in [0.1, 0.15) is 0 Å². The van der Waals surface area contributed by atoms with Crippen LogP contribution in [0.15, 0.2) is 12.3 Å². The molecule has 5 nitrogen and oxygen atoms in total. The molecule has 12 heavy (non-hydrogen) atoms. The van der Waals surface area contributed by atoms with Gasteiger partial charge in [0.2, 0.25) is 0 Å². The van der Waals surface area contributed by atoms with Crippen LogP contribution in [0.5, 0.6) is 0 Å². The summed E-state index contributed by atoms with van der Waals surface area (Å²) in [5, 5.41) is 2.35. The summed E-state index contributed by atoms with van der Waals surface area (Å²) in [5.74, 6) is 0. The molecule has 1 aliphatic heterocycles. The van der Waals surface area contributed by atoms with E-state index in [0.29, 0.717) is 0 Å². The highest BCUT2D eigenvalue weighted by molar-refractivity contribution is 5.92. The molecule has 3 amide bonds. The number of nitrogens with one attached hydrogen (secondary N) is 1. The summed E-state index contributed by atoms with van der Waals surface area (Å²) >= 11 is 0. The molecule has 0 saturated carbocycles. The Balaban J connectivity index is 0.00000121. The highest BCUT2D eigenvalue weighted by Gasteiger charge is 2.21. The highest BCUT2D eigenvalue weighted by atomic mass is 35.5. The predicted molar refractivity (Wildman–Crippen MR) is 44.0 cm³/mol. The lowest BCUT2D eigenvalue weighted by molar-refractivity contribution is 0.132. The maximum atomic E-state index is 10.9. The number of urea groups is 1. The maximum Gasteiger partial charge on any atom is 0.418 e. The second-order valence-corrected chi connectivity index (χ2v) is 1.93. The van der Waals surface area contributed by atoms with Crippen LogP contribution in [0, 0.1) is 0 Å². The number of rotatable bonds is 0. The number of ether oxygens (including phenoxy) is 1. The number of carbonyl (C=O) groups is 2.